The van der Waals surface area contributed by atoms with Crippen LogP contribution in [0.5, 0.6) is 0 Å². The van der Waals surface area contributed by atoms with E-state index in [4.69, 9.17) is 4.74 Å². The van der Waals surface area contributed by atoms with Crippen molar-refractivity contribution in [2.24, 2.45) is 0 Å². The first kappa shape index (κ1) is 9.04. The van der Waals surface area contributed by atoms with Gasteiger partial charge in [0.05, 0.1) is 12.4 Å². The van der Waals surface area contributed by atoms with E-state index in [-0.39, 0.29) is 5.78 Å². The maximum atomic E-state index is 10.9. The molecule has 0 spiro atoms. The molecule has 0 radical (unpaired) electrons. The van der Waals surface area contributed by atoms with Crippen LogP contribution in [-0.4, -0.2) is 12.4 Å². The van der Waals surface area contributed by atoms with Crippen LogP contribution in [0.1, 0.15) is 25.7 Å². The summed E-state index contributed by atoms with van der Waals surface area (Å²) in [7, 11) is 0. The molecule has 0 aliphatic carbocycles. The zero-order valence-corrected chi connectivity index (χ0v) is 7.21. The average molecular weight is 166 g/mol. The second-order valence-electron chi connectivity index (χ2n) is 2.86. The molecule has 0 atom stereocenters. The predicted molar refractivity (Wildman–Crippen MR) is 47.7 cm³/mol. The Kier molecular flexibility index (Phi) is 3.58. The topological polar surface area (TPSA) is 26.3 Å². The minimum atomic E-state index is 0.190. The van der Waals surface area contributed by atoms with E-state index in [0.29, 0.717) is 13.0 Å². The normalized spacial score (nSPS) is 16.7. The van der Waals surface area contributed by atoms with Crippen molar-refractivity contribution in [2.45, 2.75) is 25.7 Å². The molecule has 0 saturated heterocycles. The molecule has 0 aromatic carbocycles. The minimum Gasteiger partial charge on any atom is -0.497 e. The first-order valence-corrected chi connectivity index (χ1v) is 4.30. The Hall–Kier alpha value is -1.05. The van der Waals surface area contributed by atoms with E-state index in [1.165, 1.54) is 0 Å². The van der Waals surface area contributed by atoms with Gasteiger partial charge < -0.3 is 4.74 Å². The quantitative estimate of drug-likeness (QED) is 0.473. The van der Waals surface area contributed by atoms with Crippen molar-refractivity contribution >= 4 is 5.78 Å². The van der Waals surface area contributed by atoms with Crippen LogP contribution >= 0.6 is 0 Å². The Morgan fingerprint density at radius 3 is 3.17 bits per heavy atom. The standard InChI is InChI=1S/C10H14O2/c1-2-3-4-5-10-8-9(11)6-7-12-10/h2,8H,1,3-7H2. The lowest BCUT2D eigenvalue weighted by Gasteiger charge is -2.13. The molecule has 0 fully saturated rings. The first-order chi connectivity index (χ1) is 5.83. The van der Waals surface area contributed by atoms with E-state index in [0.717, 1.165) is 25.0 Å². The number of carbonyl (C=O) groups excluding carboxylic acids is 1. The molecule has 1 aliphatic rings. The molecule has 0 aromatic heterocycles. The summed E-state index contributed by atoms with van der Waals surface area (Å²) >= 11 is 0. The van der Waals surface area contributed by atoms with Crippen LogP contribution in [0.3, 0.4) is 0 Å². The van der Waals surface area contributed by atoms with Crippen molar-refractivity contribution in [3.8, 4) is 0 Å². The van der Waals surface area contributed by atoms with Gasteiger partial charge in [0.2, 0.25) is 0 Å². The van der Waals surface area contributed by atoms with Gasteiger partial charge in [-0.25, -0.2) is 0 Å². The summed E-state index contributed by atoms with van der Waals surface area (Å²) in [6, 6.07) is 0. The zero-order chi connectivity index (χ0) is 8.81. The maximum Gasteiger partial charge on any atom is 0.162 e. The fourth-order valence-corrected chi connectivity index (χ4v) is 1.14. The maximum absolute atomic E-state index is 10.9. The van der Waals surface area contributed by atoms with Crippen LogP contribution in [0.4, 0.5) is 0 Å². The highest BCUT2D eigenvalue weighted by Gasteiger charge is 2.09. The summed E-state index contributed by atoms with van der Waals surface area (Å²) in [6.07, 6.45) is 6.89. The van der Waals surface area contributed by atoms with Crippen molar-refractivity contribution in [1.82, 2.24) is 0 Å². The minimum absolute atomic E-state index is 0.190. The van der Waals surface area contributed by atoms with Gasteiger partial charge in [-0.3, -0.25) is 4.79 Å². The van der Waals surface area contributed by atoms with E-state index < -0.39 is 0 Å². The molecule has 2 heteroatoms. The molecule has 0 aromatic rings. The Bertz CT molecular complexity index is 204. The molecule has 0 saturated carbocycles. The van der Waals surface area contributed by atoms with E-state index in [1.807, 2.05) is 6.08 Å². The summed E-state index contributed by atoms with van der Waals surface area (Å²) in [6.45, 7) is 4.19. The molecule has 1 heterocycles. The van der Waals surface area contributed by atoms with Gasteiger partial charge in [-0.1, -0.05) is 6.08 Å². The highest BCUT2D eigenvalue weighted by molar-refractivity contribution is 5.90. The number of rotatable bonds is 4. The van der Waals surface area contributed by atoms with Crippen LogP contribution in [0.25, 0.3) is 0 Å². The molecule has 0 unspecified atom stereocenters. The second-order valence-corrected chi connectivity index (χ2v) is 2.86. The van der Waals surface area contributed by atoms with Gasteiger partial charge in [0, 0.05) is 18.9 Å². The molecule has 0 bridgehead atoms. The van der Waals surface area contributed by atoms with Crippen LogP contribution in [-0.2, 0) is 9.53 Å². The van der Waals surface area contributed by atoms with Crippen molar-refractivity contribution in [3.05, 3.63) is 24.5 Å². The lowest BCUT2D eigenvalue weighted by atomic mass is 10.1. The molecular formula is C10H14O2. The first-order valence-electron chi connectivity index (χ1n) is 4.30. The smallest absolute Gasteiger partial charge is 0.162 e. The average Bonchev–Trinajstić information content (AvgIpc) is 2.05. The lowest BCUT2D eigenvalue weighted by Crippen LogP contribution is -2.09. The van der Waals surface area contributed by atoms with Crippen molar-refractivity contribution < 1.29 is 9.53 Å². The number of ether oxygens (including phenoxy) is 1. The van der Waals surface area contributed by atoms with Gasteiger partial charge in [0.1, 0.15) is 0 Å². The van der Waals surface area contributed by atoms with Crippen molar-refractivity contribution in [2.75, 3.05) is 6.61 Å². The second kappa shape index (κ2) is 4.75. The van der Waals surface area contributed by atoms with Crippen LogP contribution in [0.2, 0.25) is 0 Å². The van der Waals surface area contributed by atoms with Gasteiger partial charge in [-0.15, -0.1) is 6.58 Å². The summed E-state index contributed by atoms with van der Waals surface area (Å²) in [5, 5.41) is 0. The predicted octanol–water partition coefficient (Wildman–Crippen LogP) is 2.22. The van der Waals surface area contributed by atoms with Crippen LogP contribution in [0.15, 0.2) is 24.5 Å². The fourth-order valence-electron chi connectivity index (χ4n) is 1.14. The molecule has 1 rings (SSSR count). The van der Waals surface area contributed by atoms with E-state index in [9.17, 15) is 4.79 Å². The van der Waals surface area contributed by atoms with E-state index in [2.05, 4.69) is 6.58 Å². The van der Waals surface area contributed by atoms with Crippen LogP contribution in [0, 0.1) is 0 Å². The van der Waals surface area contributed by atoms with Crippen molar-refractivity contribution in [3.63, 3.8) is 0 Å². The fraction of sp³-hybridized carbons (Fsp3) is 0.500. The number of allylic oxidation sites excluding steroid dienone is 3. The van der Waals surface area contributed by atoms with Crippen LogP contribution < -0.4 is 0 Å². The SMILES string of the molecule is C=CCCCC1=CC(=O)CCO1. The number of hydrogen-bond donors (Lipinski definition) is 0. The lowest BCUT2D eigenvalue weighted by molar-refractivity contribution is -0.116. The zero-order valence-electron chi connectivity index (χ0n) is 7.21. The number of carbonyl (C=O) groups is 1. The molecule has 12 heavy (non-hydrogen) atoms. The largest absolute Gasteiger partial charge is 0.497 e. The molecule has 66 valence electrons. The Morgan fingerprint density at radius 1 is 1.67 bits per heavy atom. The van der Waals surface area contributed by atoms with E-state index >= 15 is 0 Å². The van der Waals surface area contributed by atoms with Gasteiger partial charge in [-0.05, 0) is 12.8 Å². The third kappa shape index (κ3) is 2.91. The molecule has 0 amide bonds. The summed E-state index contributed by atoms with van der Waals surface area (Å²) in [4.78, 5) is 10.9. The van der Waals surface area contributed by atoms with Gasteiger partial charge in [0.15, 0.2) is 5.78 Å². The van der Waals surface area contributed by atoms with Gasteiger partial charge in [-0.2, -0.15) is 0 Å². The highest BCUT2D eigenvalue weighted by Crippen LogP contribution is 2.13. The third-order valence-electron chi connectivity index (χ3n) is 1.79. The number of unbranched alkanes of at least 4 members (excludes halogenated alkanes) is 1. The molecule has 2 nitrogen and oxygen atoms in total. The van der Waals surface area contributed by atoms with Gasteiger partial charge in [0.25, 0.3) is 0 Å². The Labute approximate surface area is 72.9 Å². The monoisotopic (exact) mass is 166 g/mol. The van der Waals surface area contributed by atoms with Crippen molar-refractivity contribution in [1.29, 1.82) is 0 Å². The summed E-state index contributed by atoms with van der Waals surface area (Å²) in [5.74, 6) is 1.03. The number of hydrogen-bond acceptors (Lipinski definition) is 2. The molecular weight excluding hydrogens is 152 g/mol. The number of ketones is 1. The summed E-state index contributed by atoms with van der Waals surface area (Å²) in [5.41, 5.74) is 0. The molecule has 1 aliphatic heterocycles. The Morgan fingerprint density at radius 2 is 2.50 bits per heavy atom. The summed E-state index contributed by atoms with van der Waals surface area (Å²) < 4.78 is 5.30. The van der Waals surface area contributed by atoms with Gasteiger partial charge >= 0.3 is 0 Å². The van der Waals surface area contributed by atoms with E-state index in [1.54, 1.807) is 6.08 Å². The highest BCUT2D eigenvalue weighted by atomic mass is 16.5. The third-order valence-corrected chi connectivity index (χ3v) is 1.79. The Balaban J connectivity index is 2.30. The molecule has 0 N–H and O–H groups in total.